The molecule has 48 heavy (non-hydrogen) atoms. The van der Waals surface area contributed by atoms with Gasteiger partial charge in [0.25, 0.3) is 10.2 Å². The van der Waals surface area contributed by atoms with Crippen LogP contribution in [0, 0.1) is 17.8 Å². The lowest BCUT2D eigenvalue weighted by Gasteiger charge is -2.34. The van der Waals surface area contributed by atoms with Gasteiger partial charge >= 0.3 is 5.97 Å². The molecule has 13 heteroatoms. The van der Waals surface area contributed by atoms with Crippen LogP contribution >= 0.6 is 0 Å². The SMILES string of the molecule is CC(C)COC(=O)c1[nH]c2c(c1/C([NH3+])=C/N(N)CC1CCN(CCNS(=O)(=O)N3CCC(Cc4ccccc4)CC3)CC1)=CC(F)=C=C=2. The van der Waals surface area contributed by atoms with Gasteiger partial charge in [-0.05, 0) is 86.0 Å². The number of nitrogens with zero attached hydrogens (tertiary/aromatic N) is 3. The number of allylic oxidation sites excluding steroid dienone is 1. The van der Waals surface area contributed by atoms with Gasteiger partial charge in [0, 0.05) is 37.9 Å². The minimum atomic E-state index is -3.50. The fourth-order valence-electron chi connectivity index (χ4n) is 6.58. The number of benzene rings is 1. The summed E-state index contributed by atoms with van der Waals surface area (Å²) in [5, 5.41) is 2.45. The number of hydrogen-bond donors (Lipinski definition) is 4. The number of esters is 1. The Morgan fingerprint density at radius 1 is 1.15 bits per heavy atom. The molecule has 5 rings (SSSR count). The van der Waals surface area contributed by atoms with Gasteiger partial charge in [-0.2, -0.15) is 17.1 Å². The summed E-state index contributed by atoms with van der Waals surface area (Å²) in [5.74, 6) is 6.23. The van der Waals surface area contributed by atoms with E-state index in [1.807, 2.05) is 32.0 Å². The van der Waals surface area contributed by atoms with Gasteiger partial charge in [0.1, 0.15) is 5.69 Å². The Kier molecular flexibility index (Phi) is 12.1. The third kappa shape index (κ3) is 9.56. The monoisotopic (exact) mass is 682 g/mol. The van der Waals surface area contributed by atoms with Crippen LogP contribution in [0.1, 0.15) is 61.1 Å². The molecule has 1 aromatic carbocycles. The summed E-state index contributed by atoms with van der Waals surface area (Å²) in [6, 6.07) is 10.4. The summed E-state index contributed by atoms with van der Waals surface area (Å²) in [4.78, 5) is 18.2. The molecular weight excluding hydrogens is 633 g/mol. The Balaban J connectivity index is 1.07. The molecule has 7 N–H and O–H groups in total. The summed E-state index contributed by atoms with van der Waals surface area (Å²) in [7, 11) is -3.50. The number of nitrogens with two attached hydrogens (primary N) is 1. The number of carbonyl (C=O) groups excluding carboxylic acids is 1. The number of fused-ring (bicyclic) bond motifs is 1. The van der Waals surface area contributed by atoms with Gasteiger partial charge < -0.3 is 25.4 Å². The fraction of sp³-hybridized carbons (Fsp3) is 0.514. The van der Waals surface area contributed by atoms with Gasteiger partial charge in [-0.15, -0.1) is 0 Å². The molecule has 0 atom stereocenters. The lowest BCUT2D eigenvalue weighted by atomic mass is 9.91. The molecule has 2 fully saturated rings. The second-order valence-electron chi connectivity index (χ2n) is 13.5. The second kappa shape index (κ2) is 16.3. The maximum atomic E-state index is 14.1. The van der Waals surface area contributed by atoms with E-state index in [4.69, 9.17) is 10.6 Å². The van der Waals surface area contributed by atoms with Gasteiger partial charge in [-0.25, -0.2) is 15.4 Å². The van der Waals surface area contributed by atoms with E-state index in [1.165, 1.54) is 11.6 Å². The lowest BCUT2D eigenvalue weighted by molar-refractivity contribution is -0.245. The number of piperidine rings is 2. The number of hydrazine groups is 1. The van der Waals surface area contributed by atoms with E-state index in [2.05, 4.69) is 43.9 Å². The number of ether oxygens (including phenoxy) is 1. The number of hydrogen-bond acceptors (Lipinski definition) is 7. The van der Waals surface area contributed by atoms with Crippen molar-refractivity contribution in [3.05, 3.63) is 75.5 Å². The van der Waals surface area contributed by atoms with Crippen LogP contribution in [0.3, 0.4) is 0 Å². The van der Waals surface area contributed by atoms with Crippen molar-refractivity contribution in [2.45, 2.75) is 46.0 Å². The van der Waals surface area contributed by atoms with Crippen LogP contribution in [0.25, 0.3) is 17.5 Å². The molecule has 2 aliphatic heterocycles. The summed E-state index contributed by atoms with van der Waals surface area (Å²) in [6.45, 7) is 8.51. The molecule has 2 aromatic rings. The summed E-state index contributed by atoms with van der Waals surface area (Å²) in [6.07, 6.45) is 7.51. The average Bonchev–Trinajstić information content (AvgIpc) is 3.44. The number of carbonyl (C=O) groups is 1. The number of nitrogens with one attached hydrogen (secondary N) is 2. The van der Waals surface area contributed by atoms with Gasteiger partial charge in [-0.3, -0.25) is 0 Å². The second-order valence-corrected chi connectivity index (χ2v) is 15.2. The van der Waals surface area contributed by atoms with E-state index in [0.29, 0.717) is 66.4 Å². The molecule has 0 bridgehead atoms. The highest BCUT2D eigenvalue weighted by Crippen LogP contribution is 2.23. The standard InChI is InChI=1S/C35H48FN7O4S/c1-25(2)24-47-35(44)34-33(30-21-29(36)8-9-32(30)40-34)31(37)23-42(38)22-28-10-15-41(16-11-28)19-14-39-48(45,46)43-17-12-27(13-18-43)20-26-6-4-3-5-7-26/h3-7,21,23,25,27-28,39-40H,10-20,22,24,37-38H2,1-2H3/p+1/b31-23-. The van der Waals surface area contributed by atoms with Crippen LogP contribution in [0.4, 0.5) is 4.39 Å². The Morgan fingerprint density at radius 3 is 2.52 bits per heavy atom. The molecule has 3 aliphatic rings. The number of aromatic amines is 1. The predicted molar refractivity (Wildman–Crippen MR) is 183 cm³/mol. The van der Waals surface area contributed by atoms with E-state index in [0.717, 1.165) is 45.2 Å². The first-order valence-corrected chi connectivity index (χ1v) is 18.3. The van der Waals surface area contributed by atoms with Crippen molar-refractivity contribution in [1.82, 2.24) is 23.9 Å². The van der Waals surface area contributed by atoms with E-state index in [-0.39, 0.29) is 18.2 Å². The van der Waals surface area contributed by atoms with E-state index < -0.39 is 22.0 Å². The molecule has 1 aromatic heterocycles. The zero-order valence-electron chi connectivity index (χ0n) is 28.0. The largest absolute Gasteiger partial charge is 0.461 e. The first-order chi connectivity index (χ1) is 23.0. The molecule has 0 amide bonds. The zero-order chi connectivity index (χ0) is 34.3. The normalized spacial score (nSPS) is 18.3. The molecular formula is C35H49FN7O4S+. The predicted octanol–water partition coefficient (Wildman–Crippen LogP) is 1.23. The molecule has 3 heterocycles. The number of H-pyrrole nitrogens is 1. The average molecular weight is 683 g/mol. The van der Waals surface area contributed by atoms with Crippen LogP contribution < -0.4 is 26.9 Å². The molecule has 260 valence electrons. The Hall–Kier alpha value is -3.51. The molecule has 0 spiro atoms. The van der Waals surface area contributed by atoms with E-state index in [1.54, 1.807) is 15.5 Å². The lowest BCUT2D eigenvalue weighted by Crippen LogP contribution is -2.50. The third-order valence-electron chi connectivity index (χ3n) is 9.18. The van der Waals surface area contributed by atoms with Gasteiger partial charge in [0.2, 0.25) is 0 Å². The molecule has 0 unspecified atom stereocenters. The number of likely N-dealkylation sites (tertiary alicyclic amines) is 1. The highest BCUT2D eigenvalue weighted by molar-refractivity contribution is 7.87. The summed E-state index contributed by atoms with van der Waals surface area (Å²) in [5.41, 5.74) is 11.6. The maximum Gasteiger partial charge on any atom is 0.355 e. The Labute approximate surface area is 282 Å². The zero-order valence-corrected chi connectivity index (χ0v) is 28.8. The molecule has 0 radical (unpaired) electrons. The maximum absolute atomic E-state index is 14.1. The highest BCUT2D eigenvalue weighted by Gasteiger charge is 2.29. The molecule has 1 aliphatic carbocycles. The van der Waals surface area contributed by atoms with Gasteiger partial charge in [-0.1, -0.05) is 44.2 Å². The van der Waals surface area contributed by atoms with Crippen LogP contribution in [0.2, 0.25) is 0 Å². The van der Waals surface area contributed by atoms with E-state index >= 15 is 0 Å². The van der Waals surface area contributed by atoms with Gasteiger partial charge in [0.15, 0.2) is 11.5 Å². The van der Waals surface area contributed by atoms with Crippen LogP contribution in [0.5, 0.6) is 0 Å². The summed E-state index contributed by atoms with van der Waals surface area (Å²) >= 11 is 0. The first-order valence-electron chi connectivity index (χ1n) is 16.9. The van der Waals surface area contributed by atoms with Crippen LogP contribution in [0.15, 0.2) is 48.1 Å². The van der Waals surface area contributed by atoms with Crippen molar-refractivity contribution < 1.29 is 28.1 Å². The van der Waals surface area contributed by atoms with Crippen molar-refractivity contribution in [2.24, 2.45) is 23.6 Å². The fourth-order valence-corrected chi connectivity index (χ4v) is 7.80. The molecule has 2 saturated heterocycles. The third-order valence-corrected chi connectivity index (χ3v) is 10.8. The number of aromatic nitrogens is 1. The van der Waals surface area contributed by atoms with Crippen molar-refractivity contribution in [1.29, 1.82) is 0 Å². The minimum Gasteiger partial charge on any atom is -0.461 e. The van der Waals surface area contributed by atoms with Gasteiger partial charge in [0.05, 0.1) is 23.7 Å². The molecule has 11 nitrogen and oxygen atoms in total. The van der Waals surface area contributed by atoms with Crippen LogP contribution in [-0.2, 0) is 21.4 Å². The van der Waals surface area contributed by atoms with E-state index in [9.17, 15) is 17.6 Å². The highest BCUT2D eigenvalue weighted by atomic mass is 32.2. The molecule has 0 saturated carbocycles. The van der Waals surface area contributed by atoms with Crippen molar-refractivity contribution in [2.75, 3.05) is 52.4 Å². The van der Waals surface area contributed by atoms with Crippen molar-refractivity contribution in [3.63, 3.8) is 0 Å². The Morgan fingerprint density at radius 2 is 1.83 bits per heavy atom. The van der Waals surface area contributed by atoms with Crippen molar-refractivity contribution >= 4 is 33.7 Å². The van der Waals surface area contributed by atoms with Crippen molar-refractivity contribution in [3.8, 4) is 0 Å². The number of rotatable bonds is 14. The van der Waals surface area contributed by atoms with Crippen LogP contribution in [-0.4, -0.2) is 86.0 Å². The topological polar surface area (TPSA) is 152 Å². The number of halogens is 1. The quantitative estimate of drug-likeness (QED) is 0.101. The minimum absolute atomic E-state index is 0.155. The summed E-state index contributed by atoms with van der Waals surface area (Å²) < 4.78 is 49.9. The first kappa shape index (κ1) is 35.8. The Bertz CT molecular complexity index is 1760. The smallest absolute Gasteiger partial charge is 0.355 e. The number of quaternary nitrogens is 1.